The number of rotatable bonds is 2. The molecular weight excluding hydrogens is 280 g/mol. The van der Waals surface area contributed by atoms with Crippen molar-refractivity contribution in [3.63, 3.8) is 0 Å². The van der Waals surface area contributed by atoms with Crippen molar-refractivity contribution in [2.24, 2.45) is 0 Å². The maximum absolute atomic E-state index is 12.0. The lowest BCUT2D eigenvalue weighted by Crippen LogP contribution is -2.39. The van der Waals surface area contributed by atoms with Crippen LogP contribution in [0, 0.1) is 0 Å². The summed E-state index contributed by atoms with van der Waals surface area (Å²) in [7, 11) is 1.62. The number of carbonyl (C=O) groups is 1. The van der Waals surface area contributed by atoms with Crippen LogP contribution in [0.1, 0.15) is 32.8 Å². The van der Waals surface area contributed by atoms with Gasteiger partial charge < -0.3 is 20.1 Å². The predicted molar refractivity (Wildman–Crippen MR) is 87.8 cm³/mol. The first-order valence-corrected chi connectivity index (χ1v) is 7.41. The summed E-state index contributed by atoms with van der Waals surface area (Å²) in [5.74, 6) is 0.744. The van der Waals surface area contributed by atoms with E-state index in [1.54, 1.807) is 12.0 Å². The minimum atomic E-state index is -0.471. The molecule has 2 N–H and O–H groups in total. The van der Waals surface area contributed by atoms with Gasteiger partial charge in [-0.25, -0.2) is 4.79 Å². The van der Waals surface area contributed by atoms with Crippen molar-refractivity contribution in [2.75, 3.05) is 25.9 Å². The Labute approximate surface area is 131 Å². The van der Waals surface area contributed by atoms with Gasteiger partial charge in [0, 0.05) is 30.4 Å². The van der Waals surface area contributed by atoms with Crippen molar-refractivity contribution in [2.45, 2.75) is 32.8 Å². The topological polar surface area (TPSA) is 64.8 Å². The fourth-order valence-electron chi connectivity index (χ4n) is 2.37. The number of nitrogens with zero attached hydrogens (tertiary/aromatic N) is 1. The molecule has 1 aliphatic heterocycles. The van der Waals surface area contributed by atoms with Gasteiger partial charge in [-0.3, -0.25) is 0 Å². The Hall–Kier alpha value is -2.17. The number of hydrogen-bond donors (Lipinski definition) is 1. The molecule has 0 saturated carbocycles. The third-order valence-electron chi connectivity index (χ3n) is 3.47. The van der Waals surface area contributed by atoms with E-state index in [1.807, 2.05) is 45.0 Å². The average Bonchev–Trinajstić information content (AvgIpc) is 2.45. The molecule has 0 aliphatic carbocycles. The summed E-state index contributed by atoms with van der Waals surface area (Å²) in [5, 5.41) is 0. The first kappa shape index (κ1) is 16.2. The minimum Gasteiger partial charge on any atom is -0.497 e. The number of hydrogen-bond acceptors (Lipinski definition) is 4. The minimum absolute atomic E-state index is 0.273. The number of ether oxygens (including phenoxy) is 2. The molecule has 0 aromatic heterocycles. The Kier molecular flexibility index (Phi) is 4.64. The van der Waals surface area contributed by atoms with Crippen LogP contribution >= 0.6 is 0 Å². The van der Waals surface area contributed by atoms with Crippen molar-refractivity contribution >= 4 is 17.4 Å². The molecule has 1 aliphatic rings. The molecule has 5 nitrogen and oxygen atoms in total. The summed E-state index contributed by atoms with van der Waals surface area (Å²) in [4.78, 5) is 13.7. The summed E-state index contributed by atoms with van der Waals surface area (Å²) in [6.45, 7) is 6.78. The SMILES string of the molecule is COc1ccc(C2=CCN(C(=O)OC(C)(C)C)CC2)c(N)c1. The average molecular weight is 304 g/mol. The highest BCUT2D eigenvalue weighted by Gasteiger charge is 2.24. The molecule has 1 aromatic carbocycles. The lowest BCUT2D eigenvalue weighted by atomic mass is 9.98. The van der Waals surface area contributed by atoms with E-state index >= 15 is 0 Å². The molecule has 1 amide bonds. The van der Waals surface area contributed by atoms with Gasteiger partial charge in [0.2, 0.25) is 0 Å². The predicted octanol–water partition coefficient (Wildman–Crippen LogP) is 3.30. The van der Waals surface area contributed by atoms with Crippen LogP contribution in [0.25, 0.3) is 5.57 Å². The van der Waals surface area contributed by atoms with Crippen molar-refractivity contribution in [3.8, 4) is 5.75 Å². The first-order valence-electron chi connectivity index (χ1n) is 7.41. The maximum Gasteiger partial charge on any atom is 0.410 e. The largest absolute Gasteiger partial charge is 0.497 e. The van der Waals surface area contributed by atoms with E-state index in [9.17, 15) is 4.79 Å². The fourth-order valence-corrected chi connectivity index (χ4v) is 2.37. The van der Waals surface area contributed by atoms with Crippen LogP contribution < -0.4 is 10.5 Å². The van der Waals surface area contributed by atoms with E-state index in [2.05, 4.69) is 0 Å². The molecule has 0 fully saturated rings. The van der Waals surface area contributed by atoms with E-state index in [4.69, 9.17) is 15.2 Å². The van der Waals surface area contributed by atoms with E-state index in [-0.39, 0.29) is 6.09 Å². The highest BCUT2D eigenvalue weighted by atomic mass is 16.6. The second kappa shape index (κ2) is 6.30. The highest BCUT2D eigenvalue weighted by Crippen LogP contribution is 2.30. The molecule has 22 heavy (non-hydrogen) atoms. The number of nitrogens with two attached hydrogens (primary N) is 1. The van der Waals surface area contributed by atoms with Crippen LogP contribution in [0.15, 0.2) is 24.3 Å². The van der Waals surface area contributed by atoms with E-state index < -0.39 is 5.60 Å². The zero-order chi connectivity index (χ0) is 16.3. The van der Waals surface area contributed by atoms with Gasteiger partial charge in [0.25, 0.3) is 0 Å². The van der Waals surface area contributed by atoms with E-state index in [1.165, 1.54) is 0 Å². The van der Waals surface area contributed by atoms with E-state index in [0.29, 0.717) is 18.8 Å². The lowest BCUT2D eigenvalue weighted by molar-refractivity contribution is 0.0270. The molecule has 120 valence electrons. The molecule has 0 unspecified atom stereocenters. The Morgan fingerprint density at radius 2 is 2.05 bits per heavy atom. The Balaban J connectivity index is 2.07. The number of benzene rings is 1. The van der Waals surface area contributed by atoms with Crippen molar-refractivity contribution < 1.29 is 14.3 Å². The monoisotopic (exact) mass is 304 g/mol. The second-order valence-corrected chi connectivity index (χ2v) is 6.36. The van der Waals surface area contributed by atoms with E-state index in [0.717, 1.165) is 23.3 Å². The van der Waals surface area contributed by atoms with Gasteiger partial charge in [-0.2, -0.15) is 0 Å². The second-order valence-electron chi connectivity index (χ2n) is 6.36. The molecule has 5 heteroatoms. The van der Waals surface area contributed by atoms with Crippen LogP contribution in [0.2, 0.25) is 0 Å². The quantitative estimate of drug-likeness (QED) is 0.851. The number of carbonyl (C=O) groups excluding carboxylic acids is 1. The Bertz CT molecular complexity index is 588. The molecule has 1 aromatic rings. The fraction of sp³-hybridized carbons (Fsp3) is 0.471. The lowest BCUT2D eigenvalue weighted by Gasteiger charge is -2.29. The third kappa shape index (κ3) is 3.93. The zero-order valence-electron chi connectivity index (χ0n) is 13.7. The van der Waals surface area contributed by atoms with Crippen LogP contribution in [0.3, 0.4) is 0 Å². The Morgan fingerprint density at radius 3 is 2.55 bits per heavy atom. The normalized spacial score (nSPS) is 15.3. The smallest absolute Gasteiger partial charge is 0.410 e. The van der Waals surface area contributed by atoms with Gasteiger partial charge >= 0.3 is 6.09 Å². The summed E-state index contributed by atoms with van der Waals surface area (Å²) >= 11 is 0. The van der Waals surface area contributed by atoms with Gasteiger partial charge in [-0.15, -0.1) is 0 Å². The summed E-state index contributed by atoms with van der Waals surface area (Å²) in [6, 6.07) is 5.67. The molecule has 0 saturated heterocycles. The van der Waals surface area contributed by atoms with Gasteiger partial charge in [-0.1, -0.05) is 6.08 Å². The summed E-state index contributed by atoms with van der Waals surface area (Å²) in [5.41, 5.74) is 8.46. The summed E-state index contributed by atoms with van der Waals surface area (Å²) < 4.78 is 10.6. The van der Waals surface area contributed by atoms with Crippen molar-refractivity contribution in [1.29, 1.82) is 0 Å². The van der Waals surface area contributed by atoms with Gasteiger partial charge in [0.05, 0.1) is 7.11 Å². The number of nitrogen functional groups attached to an aromatic ring is 1. The first-order chi connectivity index (χ1) is 10.3. The van der Waals surface area contributed by atoms with Gasteiger partial charge in [-0.05, 0) is 44.9 Å². The van der Waals surface area contributed by atoms with Crippen LogP contribution in [0.4, 0.5) is 10.5 Å². The number of methoxy groups -OCH3 is 1. The highest BCUT2D eigenvalue weighted by molar-refractivity contribution is 5.78. The van der Waals surface area contributed by atoms with Crippen molar-refractivity contribution in [3.05, 3.63) is 29.8 Å². The number of anilines is 1. The third-order valence-corrected chi connectivity index (χ3v) is 3.47. The molecule has 0 atom stereocenters. The van der Waals surface area contributed by atoms with Gasteiger partial charge in [0.1, 0.15) is 11.4 Å². The number of amides is 1. The Morgan fingerprint density at radius 1 is 1.32 bits per heavy atom. The van der Waals surface area contributed by atoms with Crippen LogP contribution in [-0.4, -0.2) is 36.8 Å². The molecule has 0 spiro atoms. The van der Waals surface area contributed by atoms with Crippen LogP contribution in [-0.2, 0) is 4.74 Å². The zero-order valence-corrected chi connectivity index (χ0v) is 13.7. The molecule has 0 radical (unpaired) electrons. The summed E-state index contributed by atoms with van der Waals surface area (Å²) in [6.07, 6.45) is 2.52. The van der Waals surface area contributed by atoms with Gasteiger partial charge in [0.15, 0.2) is 0 Å². The molecule has 1 heterocycles. The molecule has 0 bridgehead atoms. The standard InChI is InChI=1S/C17H24N2O3/c1-17(2,3)22-16(20)19-9-7-12(8-10-19)14-6-5-13(21-4)11-15(14)18/h5-7,11H,8-10,18H2,1-4H3. The molecular formula is C17H24N2O3. The van der Waals surface area contributed by atoms with Crippen LogP contribution in [0.5, 0.6) is 5.75 Å². The molecule has 2 rings (SSSR count). The maximum atomic E-state index is 12.0. The van der Waals surface area contributed by atoms with Crippen molar-refractivity contribution in [1.82, 2.24) is 4.90 Å².